The molecule has 0 atom stereocenters. The lowest BCUT2D eigenvalue weighted by molar-refractivity contribution is 0.599. The quantitative estimate of drug-likeness (QED) is 0.349. The summed E-state index contributed by atoms with van der Waals surface area (Å²) in [7, 11) is 2.12. The molecule has 0 unspecified atom stereocenters. The zero-order valence-corrected chi connectivity index (χ0v) is 17.8. The van der Waals surface area contributed by atoms with Crippen LogP contribution in [-0.2, 0) is 7.05 Å². The number of rotatable bonds is 2. The van der Waals surface area contributed by atoms with Gasteiger partial charge in [-0.3, -0.25) is 0 Å². The minimum Gasteiger partial charge on any atom is -0.342 e. The van der Waals surface area contributed by atoms with Gasteiger partial charge in [0.25, 0.3) is 0 Å². The van der Waals surface area contributed by atoms with E-state index >= 15 is 0 Å². The zero-order valence-electron chi connectivity index (χ0n) is 17.8. The number of hydrogen-bond acceptors (Lipinski definition) is 2. The van der Waals surface area contributed by atoms with Gasteiger partial charge in [0.15, 0.2) is 0 Å². The van der Waals surface area contributed by atoms with Gasteiger partial charge >= 0.3 is 0 Å². The third kappa shape index (κ3) is 2.89. The van der Waals surface area contributed by atoms with E-state index in [1.165, 1.54) is 5.52 Å². The number of para-hydroxylation sites is 2. The molecule has 3 heteroatoms. The molecule has 5 rings (SSSR count). The van der Waals surface area contributed by atoms with Crippen molar-refractivity contribution >= 4 is 33.7 Å². The van der Waals surface area contributed by atoms with Crippen LogP contribution in [-0.4, -0.2) is 16.0 Å². The third-order valence-corrected chi connectivity index (χ3v) is 5.68. The highest BCUT2D eigenvalue weighted by atomic mass is 15.0. The Bertz CT molecular complexity index is 1320. The van der Waals surface area contributed by atoms with Gasteiger partial charge < -0.3 is 4.57 Å². The lowest BCUT2D eigenvalue weighted by Gasteiger charge is -2.19. The monoisotopic (exact) mass is 391 g/mol. The van der Waals surface area contributed by atoms with Crippen molar-refractivity contribution in [2.24, 2.45) is 22.4 Å². The molecule has 0 aliphatic carbocycles. The molecule has 0 spiro atoms. The first kappa shape index (κ1) is 18.6. The summed E-state index contributed by atoms with van der Waals surface area (Å²) in [5, 5.41) is 1.16. The first-order valence-corrected chi connectivity index (χ1v) is 10.4. The van der Waals surface area contributed by atoms with Crippen molar-refractivity contribution in [1.82, 2.24) is 4.57 Å². The highest BCUT2D eigenvalue weighted by Gasteiger charge is 2.32. The van der Waals surface area contributed by atoms with Gasteiger partial charge in [0.05, 0.1) is 34.0 Å². The maximum absolute atomic E-state index is 5.34. The minimum atomic E-state index is -0.102. The van der Waals surface area contributed by atoms with Gasteiger partial charge in [-0.2, -0.15) is 0 Å². The normalized spacial score (nSPS) is 14.9. The molecule has 0 bridgehead atoms. The van der Waals surface area contributed by atoms with Crippen molar-refractivity contribution in [2.75, 3.05) is 0 Å². The summed E-state index contributed by atoms with van der Waals surface area (Å²) in [5.74, 6) is 0. The molecule has 4 aromatic rings. The lowest BCUT2D eigenvalue weighted by Crippen LogP contribution is -2.26. The van der Waals surface area contributed by atoms with E-state index in [4.69, 9.17) is 9.98 Å². The topological polar surface area (TPSA) is 29.6 Å². The number of aromatic nitrogens is 1. The Morgan fingerprint density at radius 3 is 2.23 bits per heavy atom. The summed E-state index contributed by atoms with van der Waals surface area (Å²) < 4.78 is 2.25. The summed E-state index contributed by atoms with van der Waals surface area (Å²) in [4.78, 5) is 10.3. The van der Waals surface area contributed by atoms with Gasteiger partial charge in [-0.25, -0.2) is 9.98 Å². The van der Waals surface area contributed by atoms with E-state index in [-0.39, 0.29) is 5.41 Å². The molecule has 0 fully saturated rings. The van der Waals surface area contributed by atoms with Crippen molar-refractivity contribution in [1.29, 1.82) is 0 Å². The lowest BCUT2D eigenvalue weighted by atomic mass is 9.86. The average molecular weight is 392 g/mol. The molecular weight excluding hydrogens is 366 g/mol. The zero-order chi connectivity index (χ0) is 20.9. The van der Waals surface area contributed by atoms with Crippen molar-refractivity contribution in [3.63, 3.8) is 0 Å². The standard InChI is InChI=1S/C27H25N3/c1-27(2,3)26-24(19-14-8-10-16-21(19)28-26)29-23-20-15-9-11-17-22(20)30(4)25(23)18-12-6-5-7-13-18/h5-17H,1-4H3. The SMILES string of the molecule is Cn1c(-c2ccccc2)c(N=C2C(C(C)(C)C)=Nc3ccccc32)c2ccccc21. The number of aryl methyl sites for hydroxylation is 1. The summed E-state index contributed by atoms with van der Waals surface area (Å²) >= 11 is 0. The molecule has 1 aliphatic rings. The van der Waals surface area contributed by atoms with Crippen molar-refractivity contribution < 1.29 is 0 Å². The van der Waals surface area contributed by atoms with Gasteiger partial charge in [-0.15, -0.1) is 0 Å². The molecule has 1 aliphatic heterocycles. The first-order chi connectivity index (χ1) is 14.4. The fourth-order valence-electron chi connectivity index (χ4n) is 4.23. The van der Waals surface area contributed by atoms with Crippen LogP contribution in [0, 0.1) is 5.41 Å². The molecule has 3 nitrogen and oxygen atoms in total. The Morgan fingerprint density at radius 2 is 1.47 bits per heavy atom. The molecular formula is C27H25N3. The Balaban J connectivity index is 1.84. The molecule has 0 amide bonds. The van der Waals surface area contributed by atoms with Crippen molar-refractivity contribution in [3.05, 3.63) is 84.4 Å². The van der Waals surface area contributed by atoms with E-state index in [0.29, 0.717) is 0 Å². The second-order valence-electron chi connectivity index (χ2n) is 8.83. The smallest absolute Gasteiger partial charge is 0.0974 e. The van der Waals surface area contributed by atoms with Crippen LogP contribution < -0.4 is 0 Å². The maximum atomic E-state index is 5.34. The number of fused-ring (bicyclic) bond motifs is 2. The van der Waals surface area contributed by atoms with Crippen molar-refractivity contribution in [3.8, 4) is 11.3 Å². The van der Waals surface area contributed by atoms with E-state index in [0.717, 1.165) is 45.0 Å². The molecule has 30 heavy (non-hydrogen) atoms. The number of hydrogen-bond donors (Lipinski definition) is 0. The number of nitrogens with zero attached hydrogens (tertiary/aromatic N) is 3. The molecule has 0 N–H and O–H groups in total. The highest BCUT2D eigenvalue weighted by Crippen LogP contribution is 2.42. The number of benzene rings is 3. The summed E-state index contributed by atoms with van der Waals surface area (Å²) in [6, 6.07) is 27.3. The Kier molecular flexibility index (Phi) is 4.21. The van der Waals surface area contributed by atoms with E-state index in [2.05, 4.69) is 105 Å². The molecule has 1 aromatic heterocycles. The maximum Gasteiger partial charge on any atom is 0.0974 e. The van der Waals surface area contributed by atoms with E-state index in [9.17, 15) is 0 Å². The van der Waals surface area contributed by atoms with Gasteiger partial charge in [-0.05, 0) is 12.1 Å². The van der Waals surface area contributed by atoms with E-state index < -0.39 is 0 Å². The van der Waals surface area contributed by atoms with Crippen LogP contribution in [0.4, 0.5) is 11.4 Å². The van der Waals surface area contributed by atoms with Crippen LogP contribution in [0.2, 0.25) is 0 Å². The molecule has 3 aromatic carbocycles. The van der Waals surface area contributed by atoms with E-state index in [1.54, 1.807) is 0 Å². The van der Waals surface area contributed by atoms with E-state index in [1.807, 2.05) is 6.07 Å². The fraction of sp³-hybridized carbons (Fsp3) is 0.185. The predicted molar refractivity (Wildman–Crippen MR) is 128 cm³/mol. The van der Waals surface area contributed by atoms with Gasteiger partial charge in [0.1, 0.15) is 0 Å². The van der Waals surface area contributed by atoms with Crippen LogP contribution in [0.1, 0.15) is 26.3 Å². The van der Waals surface area contributed by atoms with Crippen LogP contribution in [0.3, 0.4) is 0 Å². The molecule has 0 saturated heterocycles. The molecule has 148 valence electrons. The summed E-state index contributed by atoms with van der Waals surface area (Å²) in [6.07, 6.45) is 0. The van der Waals surface area contributed by atoms with Crippen LogP contribution in [0.25, 0.3) is 22.2 Å². The Morgan fingerprint density at radius 1 is 0.800 bits per heavy atom. The van der Waals surface area contributed by atoms with Gasteiger partial charge in [0, 0.05) is 29.0 Å². The third-order valence-electron chi connectivity index (χ3n) is 5.68. The number of aliphatic imine (C=N–C) groups is 2. The Labute approximate surface area is 177 Å². The second-order valence-corrected chi connectivity index (χ2v) is 8.83. The summed E-state index contributed by atoms with van der Waals surface area (Å²) in [5.41, 5.74) is 8.49. The molecule has 0 saturated carbocycles. The predicted octanol–water partition coefficient (Wildman–Crippen LogP) is 7.10. The largest absolute Gasteiger partial charge is 0.342 e. The van der Waals surface area contributed by atoms with Gasteiger partial charge in [0.2, 0.25) is 0 Å². The van der Waals surface area contributed by atoms with Crippen LogP contribution >= 0.6 is 0 Å². The molecule has 0 radical (unpaired) electrons. The first-order valence-electron chi connectivity index (χ1n) is 10.4. The van der Waals surface area contributed by atoms with Gasteiger partial charge in [-0.1, -0.05) is 87.5 Å². The Hall–Kier alpha value is -3.46. The second kappa shape index (κ2) is 6.81. The van der Waals surface area contributed by atoms with Crippen LogP contribution in [0.15, 0.2) is 88.8 Å². The van der Waals surface area contributed by atoms with Crippen LogP contribution in [0.5, 0.6) is 0 Å². The summed E-state index contributed by atoms with van der Waals surface area (Å²) in [6.45, 7) is 6.61. The fourth-order valence-corrected chi connectivity index (χ4v) is 4.23. The van der Waals surface area contributed by atoms with Crippen molar-refractivity contribution in [2.45, 2.75) is 20.8 Å². The minimum absolute atomic E-state index is 0.102. The highest BCUT2D eigenvalue weighted by molar-refractivity contribution is 6.54. The average Bonchev–Trinajstić information content (AvgIpc) is 3.25. The molecule has 2 heterocycles.